The fraction of sp³-hybridized carbons (Fsp3) is 0.310. The third-order valence-electron chi connectivity index (χ3n) is 6.34. The van der Waals surface area contributed by atoms with Gasteiger partial charge in [0.05, 0.1) is 25.7 Å². The summed E-state index contributed by atoms with van der Waals surface area (Å²) in [5, 5.41) is 3.65. The van der Waals surface area contributed by atoms with Crippen molar-refractivity contribution in [1.82, 2.24) is 10.2 Å². The first-order chi connectivity index (χ1) is 18.9. The Morgan fingerprint density at radius 2 is 1.60 bits per heavy atom. The van der Waals surface area contributed by atoms with Gasteiger partial charge in [0, 0.05) is 13.1 Å². The van der Waals surface area contributed by atoms with Gasteiger partial charge in [-0.25, -0.2) is 8.42 Å². The highest BCUT2D eigenvalue weighted by Gasteiger charge is 2.33. The summed E-state index contributed by atoms with van der Waals surface area (Å²) in [4.78, 5) is 28.3. The summed E-state index contributed by atoms with van der Waals surface area (Å²) < 4.78 is 28.7. The van der Waals surface area contributed by atoms with E-state index in [1.54, 1.807) is 55.5 Å². The number of hydrogen-bond acceptors (Lipinski definition) is 4. The first-order valence-electron chi connectivity index (χ1n) is 12.8. The average Bonchev–Trinajstić information content (AvgIpc) is 2.92. The summed E-state index contributed by atoms with van der Waals surface area (Å²) in [5.41, 5.74) is 1.66. The fourth-order valence-electron chi connectivity index (χ4n) is 3.96. The van der Waals surface area contributed by atoms with Gasteiger partial charge in [0.25, 0.3) is 10.0 Å². The number of carbonyl (C=O) groups is 2. The number of halogens is 3. The molecule has 40 heavy (non-hydrogen) atoms. The van der Waals surface area contributed by atoms with Crippen molar-refractivity contribution < 1.29 is 18.0 Å². The van der Waals surface area contributed by atoms with E-state index in [1.807, 2.05) is 13.8 Å². The minimum absolute atomic E-state index is 0.000964. The van der Waals surface area contributed by atoms with E-state index in [1.165, 1.54) is 23.1 Å². The van der Waals surface area contributed by atoms with Gasteiger partial charge in [0.1, 0.15) is 12.6 Å². The molecule has 3 aromatic carbocycles. The van der Waals surface area contributed by atoms with Crippen molar-refractivity contribution in [2.75, 3.05) is 17.4 Å². The largest absolute Gasteiger partial charge is 0.354 e. The molecule has 0 fully saturated rings. The molecule has 2 amide bonds. The van der Waals surface area contributed by atoms with Crippen LogP contribution in [0.5, 0.6) is 0 Å². The van der Waals surface area contributed by atoms with Gasteiger partial charge >= 0.3 is 0 Å². The van der Waals surface area contributed by atoms with Crippen LogP contribution in [-0.4, -0.2) is 44.3 Å². The molecular weight excluding hydrogens is 593 g/mol. The lowest BCUT2D eigenvalue weighted by atomic mass is 10.1. The molecule has 11 heteroatoms. The van der Waals surface area contributed by atoms with Crippen LogP contribution in [0.1, 0.15) is 37.8 Å². The van der Waals surface area contributed by atoms with Gasteiger partial charge in [-0.2, -0.15) is 0 Å². The van der Waals surface area contributed by atoms with Crippen LogP contribution in [0.15, 0.2) is 71.6 Å². The van der Waals surface area contributed by atoms with E-state index in [0.29, 0.717) is 22.2 Å². The van der Waals surface area contributed by atoms with Gasteiger partial charge in [0.15, 0.2) is 0 Å². The van der Waals surface area contributed by atoms with E-state index in [-0.39, 0.29) is 28.1 Å². The molecular formula is C29H32Cl3N3O4S. The molecule has 3 aromatic rings. The summed E-state index contributed by atoms with van der Waals surface area (Å²) >= 11 is 18.7. The molecule has 0 unspecified atom stereocenters. The van der Waals surface area contributed by atoms with E-state index >= 15 is 0 Å². The van der Waals surface area contributed by atoms with E-state index in [2.05, 4.69) is 5.32 Å². The Bertz CT molecular complexity index is 1450. The normalized spacial score (nSPS) is 12.1. The molecule has 0 saturated heterocycles. The predicted molar refractivity (Wildman–Crippen MR) is 162 cm³/mol. The third-order valence-corrected chi connectivity index (χ3v) is 9.18. The molecule has 0 bridgehead atoms. The number of anilines is 1. The van der Waals surface area contributed by atoms with Crippen molar-refractivity contribution in [2.24, 2.45) is 0 Å². The van der Waals surface area contributed by atoms with E-state index in [4.69, 9.17) is 34.8 Å². The van der Waals surface area contributed by atoms with Gasteiger partial charge in [-0.15, -0.1) is 0 Å². The molecule has 0 spiro atoms. The lowest BCUT2D eigenvalue weighted by Crippen LogP contribution is -2.51. The van der Waals surface area contributed by atoms with E-state index in [9.17, 15) is 18.0 Å². The molecule has 0 aliphatic rings. The van der Waals surface area contributed by atoms with Crippen LogP contribution in [0.25, 0.3) is 0 Å². The Labute approximate surface area is 251 Å². The highest BCUT2D eigenvalue weighted by Crippen LogP contribution is 2.31. The standard InChI is InChI=1S/C29H32Cl3N3O4S/c1-4-5-16-33-29(37)21(3)34(18-22-12-15-24(30)26(32)17-22)28(36)19-35(27-9-7-6-8-25(27)31)40(38,39)23-13-10-20(2)11-14-23/h6-15,17,21H,4-5,16,18-19H2,1-3H3,(H,33,37)/t21-/m0/s1. The van der Waals surface area contributed by atoms with Crippen LogP contribution in [0.2, 0.25) is 15.1 Å². The molecule has 7 nitrogen and oxygen atoms in total. The molecule has 0 radical (unpaired) electrons. The number of sulfonamides is 1. The number of aryl methyl sites for hydroxylation is 1. The summed E-state index contributed by atoms with van der Waals surface area (Å²) in [5.74, 6) is -0.952. The number of nitrogens with zero attached hydrogens (tertiary/aromatic N) is 2. The monoisotopic (exact) mass is 623 g/mol. The van der Waals surface area contributed by atoms with Crippen LogP contribution in [0.3, 0.4) is 0 Å². The zero-order valence-electron chi connectivity index (χ0n) is 22.5. The highest BCUT2D eigenvalue weighted by molar-refractivity contribution is 7.92. The summed E-state index contributed by atoms with van der Waals surface area (Å²) in [6.45, 7) is 5.33. The SMILES string of the molecule is CCCCNC(=O)[C@H](C)N(Cc1ccc(Cl)c(Cl)c1)C(=O)CN(c1ccccc1Cl)S(=O)(=O)c1ccc(C)cc1. The Hall–Kier alpha value is -2.78. The summed E-state index contributed by atoms with van der Waals surface area (Å²) in [6, 6.07) is 16.7. The molecule has 214 valence electrons. The maximum absolute atomic E-state index is 13.9. The quantitative estimate of drug-likeness (QED) is 0.234. The first-order valence-corrected chi connectivity index (χ1v) is 15.4. The summed E-state index contributed by atoms with van der Waals surface area (Å²) in [6.07, 6.45) is 1.68. The number of unbranched alkanes of at least 4 members (excludes halogenated alkanes) is 1. The van der Waals surface area contributed by atoms with E-state index in [0.717, 1.165) is 22.7 Å². The lowest BCUT2D eigenvalue weighted by Gasteiger charge is -2.32. The second-order valence-corrected chi connectivity index (χ2v) is 12.5. The van der Waals surface area contributed by atoms with Crippen LogP contribution < -0.4 is 9.62 Å². The zero-order valence-corrected chi connectivity index (χ0v) is 25.6. The second-order valence-electron chi connectivity index (χ2n) is 9.37. The van der Waals surface area contributed by atoms with Crippen molar-refractivity contribution in [3.63, 3.8) is 0 Å². The number of amides is 2. The topological polar surface area (TPSA) is 86.8 Å². The van der Waals surface area contributed by atoms with Crippen molar-refractivity contribution >= 4 is 62.3 Å². The lowest BCUT2D eigenvalue weighted by molar-refractivity contribution is -0.139. The number of carbonyl (C=O) groups excluding carboxylic acids is 2. The van der Waals surface area contributed by atoms with Crippen molar-refractivity contribution in [3.05, 3.63) is 92.9 Å². The van der Waals surface area contributed by atoms with Crippen LogP contribution >= 0.6 is 34.8 Å². The molecule has 0 aliphatic carbocycles. The minimum atomic E-state index is -4.21. The molecule has 0 aliphatic heterocycles. The smallest absolute Gasteiger partial charge is 0.264 e. The van der Waals surface area contributed by atoms with Gasteiger partial charge in [-0.3, -0.25) is 13.9 Å². The minimum Gasteiger partial charge on any atom is -0.354 e. The maximum atomic E-state index is 13.9. The van der Waals surface area contributed by atoms with Gasteiger partial charge in [-0.05, 0) is 62.2 Å². The number of hydrogen-bond donors (Lipinski definition) is 1. The second kappa shape index (κ2) is 14.2. The van der Waals surface area contributed by atoms with E-state index < -0.39 is 28.5 Å². The van der Waals surface area contributed by atoms with Crippen LogP contribution in [0.4, 0.5) is 5.69 Å². The number of rotatable bonds is 12. The fourth-order valence-corrected chi connectivity index (χ4v) is 6.00. The number of nitrogens with one attached hydrogen (secondary N) is 1. The summed E-state index contributed by atoms with van der Waals surface area (Å²) in [7, 11) is -4.21. The Morgan fingerprint density at radius 3 is 2.23 bits per heavy atom. The zero-order chi connectivity index (χ0) is 29.4. The average molecular weight is 625 g/mol. The van der Waals surface area contributed by atoms with Gasteiger partial charge in [-0.1, -0.05) is 84.0 Å². The molecule has 1 atom stereocenters. The van der Waals surface area contributed by atoms with Crippen LogP contribution in [0, 0.1) is 6.92 Å². The highest BCUT2D eigenvalue weighted by atomic mass is 35.5. The maximum Gasteiger partial charge on any atom is 0.264 e. The Morgan fingerprint density at radius 1 is 0.925 bits per heavy atom. The molecule has 0 heterocycles. The Balaban J connectivity index is 2.02. The number of benzene rings is 3. The van der Waals surface area contributed by atoms with Crippen LogP contribution in [-0.2, 0) is 26.2 Å². The Kier molecular flexibility index (Phi) is 11.3. The number of para-hydroxylation sites is 1. The third kappa shape index (κ3) is 7.91. The predicted octanol–water partition coefficient (Wildman–Crippen LogP) is 6.48. The van der Waals surface area contributed by atoms with Gasteiger partial charge < -0.3 is 10.2 Å². The van der Waals surface area contributed by atoms with Gasteiger partial charge in [0.2, 0.25) is 11.8 Å². The first kappa shape index (κ1) is 31.7. The molecule has 1 N–H and O–H groups in total. The van der Waals surface area contributed by atoms with Crippen molar-refractivity contribution in [1.29, 1.82) is 0 Å². The molecule has 3 rings (SSSR count). The van der Waals surface area contributed by atoms with Crippen molar-refractivity contribution in [3.8, 4) is 0 Å². The van der Waals surface area contributed by atoms with Crippen molar-refractivity contribution in [2.45, 2.75) is 51.1 Å². The molecule has 0 aromatic heterocycles. The molecule has 0 saturated carbocycles.